The normalized spacial score (nSPS) is 19.7. The Balaban J connectivity index is 2.07. The van der Waals surface area contributed by atoms with Gasteiger partial charge in [-0.1, -0.05) is 0 Å². The molecular weight excluding hydrogens is 186 g/mol. The highest BCUT2D eigenvalue weighted by molar-refractivity contribution is 5.28. The highest BCUT2D eigenvalue weighted by Gasteiger charge is 2.18. The third kappa shape index (κ3) is 1.85. The van der Waals surface area contributed by atoms with Crippen molar-refractivity contribution in [3.05, 3.63) is 5.89 Å². The number of ether oxygens (including phenoxy) is 1. The van der Waals surface area contributed by atoms with E-state index in [0.29, 0.717) is 19.2 Å². The van der Waals surface area contributed by atoms with Gasteiger partial charge in [-0.25, -0.2) is 0 Å². The molecule has 1 fully saturated rings. The van der Waals surface area contributed by atoms with Crippen LogP contribution in [0.25, 0.3) is 0 Å². The maximum absolute atomic E-state index is 9.20. The molecule has 0 saturated carbocycles. The van der Waals surface area contributed by atoms with E-state index in [1.54, 1.807) is 6.92 Å². The van der Waals surface area contributed by atoms with Crippen LogP contribution in [0.1, 0.15) is 18.9 Å². The van der Waals surface area contributed by atoms with Crippen molar-refractivity contribution >= 4 is 5.95 Å². The third-order valence-corrected chi connectivity index (χ3v) is 2.08. The maximum Gasteiger partial charge on any atom is 0.266 e. The van der Waals surface area contributed by atoms with E-state index in [1.807, 2.05) is 4.90 Å². The van der Waals surface area contributed by atoms with Gasteiger partial charge in [0.25, 0.3) is 11.8 Å². The van der Waals surface area contributed by atoms with E-state index < -0.39 is 6.10 Å². The van der Waals surface area contributed by atoms with E-state index in [-0.39, 0.29) is 5.89 Å². The molecule has 0 bridgehead atoms. The molecule has 1 aromatic heterocycles. The van der Waals surface area contributed by atoms with E-state index in [1.165, 1.54) is 0 Å². The molecule has 0 aromatic carbocycles. The van der Waals surface area contributed by atoms with E-state index in [0.717, 1.165) is 13.1 Å². The van der Waals surface area contributed by atoms with Gasteiger partial charge in [0.1, 0.15) is 6.10 Å². The molecule has 78 valence electrons. The Bertz CT molecular complexity index is 294. The number of hydrogen-bond acceptors (Lipinski definition) is 6. The number of aromatic nitrogens is 2. The van der Waals surface area contributed by atoms with Crippen LogP contribution in [0.15, 0.2) is 4.52 Å². The second-order valence-corrected chi connectivity index (χ2v) is 3.21. The van der Waals surface area contributed by atoms with Gasteiger partial charge < -0.3 is 19.3 Å². The van der Waals surface area contributed by atoms with Crippen molar-refractivity contribution in [2.24, 2.45) is 0 Å². The van der Waals surface area contributed by atoms with Gasteiger partial charge in [0, 0.05) is 13.1 Å². The van der Waals surface area contributed by atoms with Gasteiger partial charge in [-0.2, -0.15) is 4.98 Å². The molecule has 1 saturated heterocycles. The molecule has 6 heteroatoms. The summed E-state index contributed by atoms with van der Waals surface area (Å²) in [5.74, 6) is 0.788. The summed E-state index contributed by atoms with van der Waals surface area (Å²) in [6.07, 6.45) is -0.711. The Labute approximate surface area is 81.5 Å². The van der Waals surface area contributed by atoms with Crippen LogP contribution in [0.3, 0.4) is 0 Å². The summed E-state index contributed by atoms with van der Waals surface area (Å²) in [5.41, 5.74) is 0. The van der Waals surface area contributed by atoms with Crippen LogP contribution in [-0.4, -0.2) is 41.6 Å². The first-order valence-corrected chi connectivity index (χ1v) is 4.62. The molecule has 2 heterocycles. The summed E-state index contributed by atoms with van der Waals surface area (Å²) in [5, 5.41) is 13.0. The summed E-state index contributed by atoms with van der Waals surface area (Å²) in [7, 11) is 0. The Morgan fingerprint density at radius 3 is 2.71 bits per heavy atom. The van der Waals surface area contributed by atoms with Gasteiger partial charge in [0.15, 0.2) is 0 Å². The molecule has 0 radical (unpaired) electrons. The number of anilines is 1. The second-order valence-electron chi connectivity index (χ2n) is 3.21. The van der Waals surface area contributed by atoms with Gasteiger partial charge in [0.05, 0.1) is 13.2 Å². The fourth-order valence-electron chi connectivity index (χ4n) is 1.29. The number of rotatable bonds is 2. The van der Waals surface area contributed by atoms with Crippen molar-refractivity contribution in [2.45, 2.75) is 13.0 Å². The Kier molecular flexibility index (Phi) is 2.64. The molecule has 1 N–H and O–H groups in total. The molecular formula is C8H13N3O3. The Morgan fingerprint density at radius 2 is 2.14 bits per heavy atom. The fraction of sp³-hybridized carbons (Fsp3) is 0.750. The summed E-state index contributed by atoms with van der Waals surface area (Å²) in [6, 6.07) is 0. The van der Waals surface area contributed by atoms with Crippen LogP contribution in [-0.2, 0) is 4.74 Å². The zero-order valence-electron chi connectivity index (χ0n) is 8.01. The van der Waals surface area contributed by atoms with Crippen molar-refractivity contribution in [3.8, 4) is 0 Å². The van der Waals surface area contributed by atoms with E-state index >= 15 is 0 Å². The molecule has 0 aliphatic carbocycles. The molecule has 14 heavy (non-hydrogen) atoms. The number of hydrogen-bond donors (Lipinski definition) is 1. The number of aliphatic hydroxyl groups excluding tert-OH is 1. The summed E-state index contributed by atoms with van der Waals surface area (Å²) < 4.78 is 10.1. The van der Waals surface area contributed by atoms with Gasteiger partial charge >= 0.3 is 0 Å². The minimum Gasteiger partial charge on any atom is -0.384 e. The predicted octanol–water partition coefficient (Wildman–Crippen LogP) is -0.0405. The lowest BCUT2D eigenvalue weighted by atomic mass is 10.4. The third-order valence-electron chi connectivity index (χ3n) is 2.08. The monoisotopic (exact) mass is 199 g/mol. The number of morpholine rings is 1. The van der Waals surface area contributed by atoms with Crippen molar-refractivity contribution in [2.75, 3.05) is 31.2 Å². The van der Waals surface area contributed by atoms with Crippen LogP contribution in [0, 0.1) is 0 Å². The van der Waals surface area contributed by atoms with Gasteiger partial charge in [0.2, 0.25) is 0 Å². The first-order chi connectivity index (χ1) is 6.77. The second kappa shape index (κ2) is 3.93. The van der Waals surface area contributed by atoms with Crippen LogP contribution in [0.4, 0.5) is 5.95 Å². The highest BCUT2D eigenvalue weighted by Crippen LogP contribution is 2.15. The van der Waals surface area contributed by atoms with Gasteiger partial charge in [-0.05, 0) is 12.1 Å². The lowest BCUT2D eigenvalue weighted by molar-refractivity contribution is 0.121. The molecule has 0 amide bonds. The maximum atomic E-state index is 9.20. The smallest absolute Gasteiger partial charge is 0.266 e. The summed E-state index contributed by atoms with van der Waals surface area (Å²) >= 11 is 0. The van der Waals surface area contributed by atoms with Gasteiger partial charge in [-0.3, -0.25) is 0 Å². The van der Waals surface area contributed by atoms with Crippen molar-refractivity contribution in [1.82, 2.24) is 10.1 Å². The first kappa shape index (κ1) is 9.42. The SMILES string of the molecule is C[C@H](O)c1nc(N2CCOCC2)no1. The minimum absolute atomic E-state index is 0.256. The highest BCUT2D eigenvalue weighted by atomic mass is 16.5. The average molecular weight is 199 g/mol. The molecule has 1 aromatic rings. The van der Waals surface area contributed by atoms with Crippen LogP contribution < -0.4 is 4.90 Å². The van der Waals surface area contributed by atoms with E-state index in [4.69, 9.17) is 9.26 Å². The van der Waals surface area contributed by atoms with E-state index in [9.17, 15) is 5.11 Å². The molecule has 0 spiro atoms. The zero-order chi connectivity index (χ0) is 9.97. The first-order valence-electron chi connectivity index (χ1n) is 4.62. The topological polar surface area (TPSA) is 71.6 Å². The molecule has 1 aliphatic heterocycles. The number of aliphatic hydroxyl groups is 1. The number of nitrogens with zero attached hydrogens (tertiary/aromatic N) is 3. The Morgan fingerprint density at radius 1 is 1.43 bits per heavy atom. The lowest BCUT2D eigenvalue weighted by Gasteiger charge is -2.24. The average Bonchev–Trinajstić information content (AvgIpc) is 2.68. The molecule has 6 nitrogen and oxygen atoms in total. The summed E-state index contributed by atoms with van der Waals surface area (Å²) in [6.45, 7) is 4.48. The van der Waals surface area contributed by atoms with Crippen molar-refractivity contribution in [1.29, 1.82) is 0 Å². The van der Waals surface area contributed by atoms with E-state index in [2.05, 4.69) is 10.1 Å². The van der Waals surface area contributed by atoms with Crippen LogP contribution in [0.5, 0.6) is 0 Å². The quantitative estimate of drug-likeness (QED) is 0.720. The Hall–Kier alpha value is -1.14. The van der Waals surface area contributed by atoms with Gasteiger partial charge in [-0.15, -0.1) is 0 Å². The molecule has 1 aliphatic rings. The van der Waals surface area contributed by atoms with Crippen molar-refractivity contribution < 1.29 is 14.4 Å². The van der Waals surface area contributed by atoms with Crippen LogP contribution in [0.2, 0.25) is 0 Å². The molecule has 1 atom stereocenters. The fourth-order valence-corrected chi connectivity index (χ4v) is 1.29. The minimum atomic E-state index is -0.711. The standard InChI is InChI=1S/C8H13N3O3/c1-6(12)7-9-8(10-14-7)11-2-4-13-5-3-11/h6,12H,2-5H2,1H3/t6-/m0/s1. The lowest BCUT2D eigenvalue weighted by Crippen LogP contribution is -2.36. The van der Waals surface area contributed by atoms with Crippen LogP contribution >= 0.6 is 0 Å². The predicted molar refractivity (Wildman–Crippen MR) is 48.0 cm³/mol. The largest absolute Gasteiger partial charge is 0.384 e. The molecule has 0 unspecified atom stereocenters. The zero-order valence-corrected chi connectivity index (χ0v) is 8.01. The molecule has 2 rings (SSSR count). The van der Waals surface area contributed by atoms with Crippen molar-refractivity contribution in [3.63, 3.8) is 0 Å². The summed E-state index contributed by atoms with van der Waals surface area (Å²) in [4.78, 5) is 6.05.